The smallest absolute Gasteiger partial charge is 0.227 e. The average molecular weight is 291 g/mol. The van der Waals surface area contributed by atoms with Crippen LogP contribution in [0.3, 0.4) is 0 Å². The van der Waals surface area contributed by atoms with Gasteiger partial charge in [-0.2, -0.15) is 16.4 Å². The number of rotatable bonds is 3. The Kier molecular flexibility index (Phi) is 3.84. The number of thiophene rings is 1. The number of amides is 1. The number of hydrogen-bond donors (Lipinski definition) is 0. The summed E-state index contributed by atoms with van der Waals surface area (Å²) in [7, 11) is 1.68. The van der Waals surface area contributed by atoms with Crippen LogP contribution in [0.5, 0.6) is 0 Å². The Morgan fingerprint density at radius 2 is 2.40 bits per heavy atom. The summed E-state index contributed by atoms with van der Waals surface area (Å²) in [6.45, 7) is 1.91. The normalized spacial score (nSPS) is 18.6. The van der Waals surface area contributed by atoms with Crippen LogP contribution >= 0.6 is 11.3 Å². The zero-order chi connectivity index (χ0) is 13.9. The molecule has 1 atom stereocenters. The molecule has 1 unspecified atom stereocenters. The van der Waals surface area contributed by atoms with Crippen molar-refractivity contribution in [2.75, 3.05) is 13.7 Å². The molecule has 1 aliphatic heterocycles. The predicted molar refractivity (Wildman–Crippen MR) is 76.5 cm³/mol. The molecule has 0 aliphatic carbocycles. The molecule has 3 heterocycles. The van der Waals surface area contributed by atoms with Crippen molar-refractivity contribution >= 4 is 17.2 Å². The molecule has 0 aromatic carbocycles. The third-order valence-electron chi connectivity index (χ3n) is 3.58. The molecule has 0 saturated heterocycles. The lowest BCUT2D eigenvalue weighted by molar-refractivity contribution is -0.132. The SMILES string of the molecule is COC1CN(C(=O)Cc2ccsc2)Cc2ccnn2C1. The summed E-state index contributed by atoms with van der Waals surface area (Å²) >= 11 is 1.62. The minimum absolute atomic E-state index is 0.0115. The number of methoxy groups -OCH3 is 1. The largest absolute Gasteiger partial charge is 0.378 e. The van der Waals surface area contributed by atoms with E-state index in [0.717, 1.165) is 11.3 Å². The van der Waals surface area contributed by atoms with Crippen LogP contribution in [0.15, 0.2) is 29.1 Å². The molecule has 0 N–H and O–H groups in total. The maximum atomic E-state index is 12.5. The average Bonchev–Trinajstić information content (AvgIpc) is 3.06. The van der Waals surface area contributed by atoms with Crippen molar-refractivity contribution in [1.82, 2.24) is 14.7 Å². The van der Waals surface area contributed by atoms with Crippen molar-refractivity contribution in [3.63, 3.8) is 0 Å². The summed E-state index contributed by atoms with van der Waals surface area (Å²) in [4.78, 5) is 14.3. The Morgan fingerprint density at radius 3 is 3.15 bits per heavy atom. The van der Waals surface area contributed by atoms with Gasteiger partial charge >= 0.3 is 0 Å². The topological polar surface area (TPSA) is 47.4 Å². The Balaban J connectivity index is 1.76. The maximum absolute atomic E-state index is 12.5. The van der Waals surface area contributed by atoms with Gasteiger partial charge in [0.25, 0.3) is 0 Å². The highest BCUT2D eigenvalue weighted by molar-refractivity contribution is 7.07. The third-order valence-corrected chi connectivity index (χ3v) is 4.31. The third kappa shape index (κ3) is 2.76. The summed E-state index contributed by atoms with van der Waals surface area (Å²) in [5.74, 6) is 0.139. The summed E-state index contributed by atoms with van der Waals surface area (Å²) < 4.78 is 7.38. The molecule has 106 valence electrons. The van der Waals surface area contributed by atoms with E-state index in [1.165, 1.54) is 0 Å². The molecule has 2 aromatic rings. The second kappa shape index (κ2) is 5.76. The highest BCUT2D eigenvalue weighted by atomic mass is 32.1. The molecule has 0 saturated carbocycles. The van der Waals surface area contributed by atoms with E-state index in [2.05, 4.69) is 5.10 Å². The van der Waals surface area contributed by atoms with Crippen molar-refractivity contribution in [2.45, 2.75) is 25.6 Å². The fourth-order valence-electron chi connectivity index (χ4n) is 2.43. The van der Waals surface area contributed by atoms with E-state index >= 15 is 0 Å². The Bertz CT molecular complexity index is 579. The number of hydrogen-bond acceptors (Lipinski definition) is 4. The minimum atomic E-state index is -0.0115. The van der Waals surface area contributed by atoms with Crippen LogP contribution in [0.1, 0.15) is 11.3 Å². The molecule has 0 bridgehead atoms. The summed E-state index contributed by atoms with van der Waals surface area (Å²) in [5.41, 5.74) is 2.13. The minimum Gasteiger partial charge on any atom is -0.378 e. The molecule has 0 spiro atoms. The fraction of sp³-hybridized carbons (Fsp3) is 0.429. The van der Waals surface area contributed by atoms with Crippen molar-refractivity contribution in [1.29, 1.82) is 0 Å². The number of nitrogens with zero attached hydrogens (tertiary/aromatic N) is 3. The zero-order valence-electron chi connectivity index (χ0n) is 11.4. The van der Waals surface area contributed by atoms with Crippen LogP contribution in [0.25, 0.3) is 0 Å². The highest BCUT2D eigenvalue weighted by Gasteiger charge is 2.25. The van der Waals surface area contributed by atoms with E-state index in [-0.39, 0.29) is 12.0 Å². The lowest BCUT2D eigenvalue weighted by Crippen LogP contribution is -2.37. The van der Waals surface area contributed by atoms with Crippen molar-refractivity contribution < 1.29 is 9.53 Å². The van der Waals surface area contributed by atoms with Crippen LogP contribution < -0.4 is 0 Å². The number of carbonyl (C=O) groups excluding carboxylic acids is 1. The quantitative estimate of drug-likeness (QED) is 0.862. The summed E-state index contributed by atoms with van der Waals surface area (Å²) in [5, 5.41) is 8.30. The standard InChI is InChI=1S/C14H17N3O2S/c1-19-13-8-16(7-12-2-4-15-17(12)9-13)14(18)6-11-3-5-20-10-11/h2-5,10,13H,6-9H2,1H3. The van der Waals surface area contributed by atoms with Crippen LogP contribution in [0.2, 0.25) is 0 Å². The van der Waals surface area contributed by atoms with Gasteiger partial charge in [-0.15, -0.1) is 0 Å². The zero-order valence-corrected chi connectivity index (χ0v) is 12.2. The number of fused-ring (bicyclic) bond motifs is 1. The second-order valence-corrected chi connectivity index (χ2v) is 5.73. The first-order valence-corrected chi connectivity index (χ1v) is 7.53. The van der Waals surface area contributed by atoms with Crippen molar-refractivity contribution in [3.05, 3.63) is 40.3 Å². The first-order valence-electron chi connectivity index (χ1n) is 6.58. The molecule has 3 rings (SSSR count). The second-order valence-electron chi connectivity index (χ2n) is 4.95. The molecule has 0 radical (unpaired) electrons. The Hall–Kier alpha value is -1.66. The van der Waals surface area contributed by atoms with E-state index < -0.39 is 0 Å². The molecule has 1 aliphatic rings. The van der Waals surface area contributed by atoms with Gasteiger partial charge in [0.05, 0.1) is 31.3 Å². The van der Waals surface area contributed by atoms with E-state index in [1.807, 2.05) is 32.5 Å². The fourth-order valence-corrected chi connectivity index (χ4v) is 3.10. The molecular formula is C14H17N3O2S. The van der Waals surface area contributed by atoms with E-state index in [0.29, 0.717) is 26.1 Å². The van der Waals surface area contributed by atoms with Crippen LogP contribution in [0.4, 0.5) is 0 Å². The number of carbonyl (C=O) groups is 1. The van der Waals surface area contributed by atoms with Gasteiger partial charge in [-0.3, -0.25) is 9.48 Å². The molecule has 20 heavy (non-hydrogen) atoms. The predicted octanol–water partition coefficient (Wildman–Crippen LogP) is 1.54. The monoisotopic (exact) mass is 291 g/mol. The number of aromatic nitrogens is 2. The molecule has 5 nitrogen and oxygen atoms in total. The molecular weight excluding hydrogens is 274 g/mol. The van der Waals surface area contributed by atoms with Crippen LogP contribution in [-0.2, 0) is 29.0 Å². The van der Waals surface area contributed by atoms with Gasteiger partial charge in [-0.05, 0) is 28.5 Å². The van der Waals surface area contributed by atoms with Crippen LogP contribution in [-0.4, -0.2) is 40.3 Å². The lowest BCUT2D eigenvalue weighted by atomic mass is 10.2. The summed E-state index contributed by atoms with van der Waals surface area (Å²) in [6, 6.07) is 3.96. The lowest BCUT2D eigenvalue weighted by Gasteiger charge is -2.23. The molecule has 6 heteroatoms. The van der Waals surface area contributed by atoms with E-state index in [1.54, 1.807) is 24.6 Å². The first kappa shape index (κ1) is 13.3. The molecule has 1 amide bonds. The van der Waals surface area contributed by atoms with Gasteiger partial charge in [-0.1, -0.05) is 0 Å². The van der Waals surface area contributed by atoms with Gasteiger partial charge < -0.3 is 9.64 Å². The van der Waals surface area contributed by atoms with E-state index in [9.17, 15) is 4.79 Å². The molecule has 0 fully saturated rings. The Labute approximate surface area is 121 Å². The van der Waals surface area contributed by atoms with Crippen molar-refractivity contribution in [3.8, 4) is 0 Å². The molecule has 2 aromatic heterocycles. The van der Waals surface area contributed by atoms with E-state index in [4.69, 9.17) is 4.74 Å². The highest BCUT2D eigenvalue weighted by Crippen LogP contribution is 2.15. The van der Waals surface area contributed by atoms with Gasteiger partial charge in [0, 0.05) is 19.9 Å². The van der Waals surface area contributed by atoms with Crippen LogP contribution in [0, 0.1) is 0 Å². The summed E-state index contributed by atoms with van der Waals surface area (Å²) in [6.07, 6.45) is 2.21. The van der Waals surface area contributed by atoms with Gasteiger partial charge in [0.2, 0.25) is 5.91 Å². The number of ether oxygens (including phenoxy) is 1. The first-order chi connectivity index (χ1) is 9.76. The van der Waals surface area contributed by atoms with Gasteiger partial charge in [0.15, 0.2) is 0 Å². The van der Waals surface area contributed by atoms with Crippen molar-refractivity contribution in [2.24, 2.45) is 0 Å². The Morgan fingerprint density at radius 1 is 1.50 bits per heavy atom. The maximum Gasteiger partial charge on any atom is 0.227 e. The van der Waals surface area contributed by atoms with Gasteiger partial charge in [-0.25, -0.2) is 0 Å². The van der Waals surface area contributed by atoms with Gasteiger partial charge in [0.1, 0.15) is 0 Å².